The monoisotopic (exact) mass is 329 g/mol. The smallest absolute Gasteiger partial charge is 0.451 e. The number of rotatable bonds is 9. The SMILES string of the molecule is CN(C)CC(C)(C)CN1C[C@H](CCCB(O)O)[C@@](N)(C(=O)O)C1. The molecule has 1 fully saturated rings. The summed E-state index contributed by atoms with van der Waals surface area (Å²) >= 11 is 0. The minimum Gasteiger partial charge on any atom is -0.480 e. The van der Waals surface area contributed by atoms with Crippen molar-refractivity contribution in [3.05, 3.63) is 0 Å². The van der Waals surface area contributed by atoms with Gasteiger partial charge in [0.2, 0.25) is 0 Å². The first-order valence-corrected chi connectivity index (χ1v) is 8.22. The Morgan fingerprint density at radius 3 is 2.52 bits per heavy atom. The van der Waals surface area contributed by atoms with Gasteiger partial charge in [0.15, 0.2) is 0 Å². The highest BCUT2D eigenvalue weighted by Gasteiger charge is 2.49. The zero-order valence-corrected chi connectivity index (χ0v) is 14.8. The third kappa shape index (κ3) is 6.04. The molecule has 0 radical (unpaired) electrons. The average Bonchev–Trinajstić information content (AvgIpc) is 2.64. The van der Waals surface area contributed by atoms with Crippen LogP contribution in [0.15, 0.2) is 0 Å². The van der Waals surface area contributed by atoms with Gasteiger partial charge in [-0.3, -0.25) is 9.69 Å². The maximum Gasteiger partial charge on any atom is 0.451 e. The fraction of sp³-hybridized carbons (Fsp3) is 0.933. The van der Waals surface area contributed by atoms with Gasteiger partial charge in [-0.2, -0.15) is 0 Å². The molecule has 1 rings (SSSR count). The van der Waals surface area contributed by atoms with E-state index in [0.29, 0.717) is 25.9 Å². The first-order chi connectivity index (χ1) is 10.5. The van der Waals surface area contributed by atoms with Crippen LogP contribution in [0.25, 0.3) is 0 Å². The normalized spacial score (nSPS) is 26.0. The molecule has 134 valence electrons. The van der Waals surface area contributed by atoms with Gasteiger partial charge in [0.25, 0.3) is 0 Å². The molecule has 2 atom stereocenters. The van der Waals surface area contributed by atoms with Crippen molar-refractivity contribution in [3.8, 4) is 0 Å². The molecule has 0 saturated carbocycles. The topological polar surface area (TPSA) is 110 Å². The van der Waals surface area contributed by atoms with Crippen LogP contribution in [0.4, 0.5) is 0 Å². The highest BCUT2D eigenvalue weighted by molar-refractivity contribution is 6.40. The third-order valence-corrected chi connectivity index (χ3v) is 4.50. The van der Waals surface area contributed by atoms with Crippen LogP contribution in [0.1, 0.15) is 26.7 Å². The summed E-state index contributed by atoms with van der Waals surface area (Å²) in [5, 5.41) is 27.4. The van der Waals surface area contributed by atoms with Crippen LogP contribution in [0, 0.1) is 11.3 Å². The molecule has 5 N–H and O–H groups in total. The Kier molecular flexibility index (Phi) is 7.03. The molecule has 1 aliphatic heterocycles. The van der Waals surface area contributed by atoms with E-state index >= 15 is 0 Å². The molecule has 7 nitrogen and oxygen atoms in total. The van der Waals surface area contributed by atoms with Gasteiger partial charge in [-0.1, -0.05) is 20.3 Å². The van der Waals surface area contributed by atoms with E-state index in [1.807, 2.05) is 14.1 Å². The second kappa shape index (κ2) is 7.94. The number of carboxylic acid groups (broad SMARTS) is 1. The lowest BCUT2D eigenvalue weighted by Crippen LogP contribution is -2.55. The first-order valence-electron chi connectivity index (χ1n) is 8.22. The van der Waals surface area contributed by atoms with E-state index in [0.717, 1.165) is 13.1 Å². The summed E-state index contributed by atoms with van der Waals surface area (Å²) in [6.45, 7) is 7.02. The molecule has 1 saturated heterocycles. The molecule has 1 aliphatic rings. The number of likely N-dealkylation sites (tertiary alicyclic amines) is 1. The quantitative estimate of drug-likeness (QED) is 0.424. The van der Waals surface area contributed by atoms with Gasteiger partial charge >= 0.3 is 13.1 Å². The van der Waals surface area contributed by atoms with Gasteiger partial charge in [-0.25, -0.2) is 0 Å². The predicted molar refractivity (Wildman–Crippen MR) is 91.1 cm³/mol. The largest absolute Gasteiger partial charge is 0.480 e. The van der Waals surface area contributed by atoms with E-state index in [4.69, 9.17) is 15.8 Å². The van der Waals surface area contributed by atoms with Gasteiger partial charge in [0, 0.05) is 32.1 Å². The number of aliphatic carboxylic acids is 1. The summed E-state index contributed by atoms with van der Waals surface area (Å²) in [5.41, 5.74) is 4.98. The van der Waals surface area contributed by atoms with Crippen molar-refractivity contribution in [1.82, 2.24) is 9.80 Å². The van der Waals surface area contributed by atoms with Gasteiger partial charge in [0.05, 0.1) is 0 Å². The maximum atomic E-state index is 11.7. The maximum absolute atomic E-state index is 11.7. The number of carbonyl (C=O) groups is 1. The summed E-state index contributed by atoms with van der Waals surface area (Å²) in [7, 11) is 2.71. The fourth-order valence-corrected chi connectivity index (χ4v) is 3.81. The lowest BCUT2D eigenvalue weighted by atomic mass is 9.78. The van der Waals surface area contributed by atoms with Crippen LogP contribution in [-0.4, -0.2) is 83.9 Å². The Balaban J connectivity index is 2.70. The van der Waals surface area contributed by atoms with E-state index in [1.165, 1.54) is 0 Å². The van der Waals surface area contributed by atoms with Crippen molar-refractivity contribution < 1.29 is 19.9 Å². The van der Waals surface area contributed by atoms with E-state index < -0.39 is 18.6 Å². The van der Waals surface area contributed by atoms with Gasteiger partial charge < -0.3 is 25.8 Å². The first kappa shape index (κ1) is 20.4. The summed E-state index contributed by atoms with van der Waals surface area (Å²) in [6, 6.07) is 0. The molecule has 0 bridgehead atoms. The van der Waals surface area contributed by atoms with Crippen molar-refractivity contribution in [2.75, 3.05) is 40.3 Å². The summed E-state index contributed by atoms with van der Waals surface area (Å²) < 4.78 is 0. The second-order valence-electron chi connectivity index (χ2n) is 8.03. The van der Waals surface area contributed by atoms with Crippen LogP contribution in [0.5, 0.6) is 0 Å². The Morgan fingerprint density at radius 1 is 1.43 bits per heavy atom. The Hall–Kier alpha value is -0.665. The van der Waals surface area contributed by atoms with Crippen molar-refractivity contribution in [2.24, 2.45) is 17.1 Å². The van der Waals surface area contributed by atoms with Crippen molar-refractivity contribution in [1.29, 1.82) is 0 Å². The van der Waals surface area contributed by atoms with E-state index in [9.17, 15) is 9.90 Å². The number of hydrogen-bond acceptors (Lipinski definition) is 6. The lowest BCUT2D eigenvalue weighted by Gasteiger charge is -2.33. The molecule has 0 amide bonds. The summed E-state index contributed by atoms with van der Waals surface area (Å²) in [5.74, 6) is -1.14. The molecule has 0 spiro atoms. The highest BCUT2D eigenvalue weighted by atomic mass is 16.4. The Labute approximate surface area is 139 Å². The van der Waals surface area contributed by atoms with Crippen molar-refractivity contribution in [2.45, 2.75) is 38.5 Å². The summed E-state index contributed by atoms with van der Waals surface area (Å²) in [6.07, 6.45) is 1.40. The minimum atomic E-state index is -1.34. The summed E-state index contributed by atoms with van der Waals surface area (Å²) in [4.78, 5) is 15.9. The van der Waals surface area contributed by atoms with Crippen molar-refractivity contribution in [3.63, 3.8) is 0 Å². The molecule has 0 aliphatic carbocycles. The number of carboxylic acids is 1. The molecule has 0 aromatic carbocycles. The zero-order chi connectivity index (χ0) is 17.8. The van der Waals surface area contributed by atoms with Gasteiger partial charge in [0.1, 0.15) is 5.54 Å². The van der Waals surface area contributed by atoms with Crippen LogP contribution in [-0.2, 0) is 4.79 Å². The molecular weight excluding hydrogens is 297 g/mol. The number of nitrogens with zero attached hydrogens (tertiary/aromatic N) is 2. The minimum absolute atomic E-state index is 0.0408. The molecule has 0 aromatic heterocycles. The number of hydrogen-bond donors (Lipinski definition) is 4. The third-order valence-electron chi connectivity index (χ3n) is 4.50. The average molecular weight is 329 g/mol. The van der Waals surface area contributed by atoms with Gasteiger partial charge in [-0.15, -0.1) is 0 Å². The van der Waals surface area contributed by atoms with Crippen LogP contribution in [0.3, 0.4) is 0 Å². The predicted octanol–water partition coefficient (Wildman–Crippen LogP) is -0.459. The highest BCUT2D eigenvalue weighted by Crippen LogP contribution is 2.32. The zero-order valence-electron chi connectivity index (χ0n) is 14.8. The van der Waals surface area contributed by atoms with Crippen molar-refractivity contribution >= 4 is 13.1 Å². The molecule has 1 heterocycles. The van der Waals surface area contributed by atoms with E-state index in [2.05, 4.69) is 23.6 Å². The molecule has 0 aromatic rings. The standard InChI is InChI=1S/C15H32BN3O4/c1-14(2,9-18(3)4)10-19-8-12(6-5-7-16(22)23)15(17,11-19)13(20)21/h12,22-23H,5-11,17H2,1-4H3,(H,20,21)/t12-,15+/m0/s1. The van der Waals surface area contributed by atoms with E-state index in [1.54, 1.807) is 0 Å². The Morgan fingerprint density at radius 2 is 2.04 bits per heavy atom. The van der Waals surface area contributed by atoms with Crippen LogP contribution in [0.2, 0.25) is 6.32 Å². The molecule has 8 heteroatoms. The molecular formula is C15H32BN3O4. The van der Waals surface area contributed by atoms with Gasteiger partial charge in [-0.05, 0) is 32.3 Å². The number of nitrogens with two attached hydrogens (primary N) is 1. The van der Waals surface area contributed by atoms with E-state index in [-0.39, 0.29) is 17.7 Å². The fourth-order valence-electron chi connectivity index (χ4n) is 3.81. The molecule has 0 unspecified atom stereocenters. The second-order valence-corrected chi connectivity index (χ2v) is 8.03. The van der Waals surface area contributed by atoms with Crippen LogP contribution >= 0.6 is 0 Å². The Bertz CT molecular complexity index is 406. The van der Waals surface area contributed by atoms with Crippen LogP contribution < -0.4 is 5.73 Å². The molecule has 23 heavy (non-hydrogen) atoms. The lowest BCUT2D eigenvalue weighted by molar-refractivity contribution is -0.144.